The number of benzene rings is 1. The highest BCUT2D eigenvalue weighted by molar-refractivity contribution is 5.15. The van der Waals surface area contributed by atoms with Crippen molar-refractivity contribution in [1.82, 2.24) is 0 Å². The molecule has 1 nitrogen and oxygen atoms in total. The summed E-state index contributed by atoms with van der Waals surface area (Å²) in [6.45, 7) is 3.13. The van der Waals surface area contributed by atoms with Gasteiger partial charge in [0.1, 0.15) is 0 Å². The van der Waals surface area contributed by atoms with Crippen LogP contribution in [0.2, 0.25) is 0 Å². The normalized spacial score (nSPS) is 18.7. The molecule has 0 amide bonds. The summed E-state index contributed by atoms with van der Waals surface area (Å²) in [6, 6.07) is 10.6. The lowest BCUT2D eigenvalue weighted by Crippen LogP contribution is -2.15. The summed E-state index contributed by atoms with van der Waals surface area (Å²) in [5.74, 6) is 0.933. The first-order valence-corrected chi connectivity index (χ1v) is 7.50. The molecule has 0 aliphatic heterocycles. The number of ether oxygens (including phenoxy) is 1. The maximum Gasteiger partial charge on any atom is 0.0587 e. The third-order valence-corrected chi connectivity index (χ3v) is 4.02. The first-order chi connectivity index (χ1) is 8.84. The van der Waals surface area contributed by atoms with Gasteiger partial charge >= 0.3 is 0 Å². The summed E-state index contributed by atoms with van der Waals surface area (Å²) in [5.41, 5.74) is 1.38. The lowest BCUT2D eigenvalue weighted by atomic mass is 9.87. The SMILES string of the molecule is CC(Cc1ccccc1)OCCC1CCCCC1. The van der Waals surface area contributed by atoms with Gasteiger partial charge in [-0.25, -0.2) is 0 Å². The average molecular weight is 246 g/mol. The van der Waals surface area contributed by atoms with Crippen LogP contribution in [0.1, 0.15) is 51.0 Å². The van der Waals surface area contributed by atoms with E-state index in [-0.39, 0.29) is 0 Å². The highest BCUT2D eigenvalue weighted by Gasteiger charge is 2.13. The Morgan fingerprint density at radius 3 is 2.56 bits per heavy atom. The molecule has 0 heterocycles. The van der Waals surface area contributed by atoms with Gasteiger partial charge in [-0.1, -0.05) is 62.4 Å². The Balaban J connectivity index is 1.61. The molecule has 0 N–H and O–H groups in total. The summed E-state index contributed by atoms with van der Waals surface area (Å²) in [6.07, 6.45) is 9.81. The van der Waals surface area contributed by atoms with Crippen molar-refractivity contribution in [1.29, 1.82) is 0 Å². The van der Waals surface area contributed by atoms with E-state index in [2.05, 4.69) is 37.3 Å². The molecule has 1 aromatic rings. The summed E-state index contributed by atoms with van der Waals surface area (Å²) in [4.78, 5) is 0. The van der Waals surface area contributed by atoms with E-state index in [1.54, 1.807) is 0 Å². The van der Waals surface area contributed by atoms with Crippen LogP contribution in [0.4, 0.5) is 0 Å². The standard InChI is InChI=1S/C17H26O/c1-15(14-17-10-6-3-7-11-17)18-13-12-16-8-4-2-5-9-16/h3,6-7,10-11,15-16H,2,4-5,8-9,12-14H2,1H3. The van der Waals surface area contributed by atoms with E-state index in [4.69, 9.17) is 4.74 Å². The summed E-state index contributed by atoms with van der Waals surface area (Å²) in [7, 11) is 0. The molecule has 0 spiro atoms. The highest BCUT2D eigenvalue weighted by Crippen LogP contribution is 2.26. The van der Waals surface area contributed by atoms with Crippen molar-refractivity contribution >= 4 is 0 Å². The summed E-state index contributed by atoms with van der Waals surface area (Å²) >= 11 is 0. The molecule has 1 atom stereocenters. The lowest BCUT2D eigenvalue weighted by Gasteiger charge is -2.22. The Kier molecular flexibility index (Phi) is 5.73. The van der Waals surface area contributed by atoms with Gasteiger partial charge in [0.2, 0.25) is 0 Å². The summed E-state index contributed by atoms with van der Waals surface area (Å²) < 4.78 is 5.95. The topological polar surface area (TPSA) is 9.23 Å². The molecule has 1 fully saturated rings. The molecule has 100 valence electrons. The number of hydrogen-bond acceptors (Lipinski definition) is 1. The minimum absolute atomic E-state index is 0.344. The molecule has 1 heteroatoms. The third kappa shape index (κ3) is 4.81. The van der Waals surface area contributed by atoms with Crippen molar-refractivity contribution in [2.45, 2.75) is 58.0 Å². The van der Waals surface area contributed by atoms with Gasteiger partial charge in [-0.2, -0.15) is 0 Å². The molecular formula is C17H26O. The molecule has 18 heavy (non-hydrogen) atoms. The second-order valence-electron chi connectivity index (χ2n) is 5.66. The predicted octanol–water partition coefficient (Wildman–Crippen LogP) is 4.60. The van der Waals surface area contributed by atoms with Crippen LogP contribution in [0, 0.1) is 5.92 Å². The van der Waals surface area contributed by atoms with Crippen molar-refractivity contribution in [2.75, 3.05) is 6.61 Å². The van der Waals surface area contributed by atoms with Crippen LogP contribution < -0.4 is 0 Å². The smallest absolute Gasteiger partial charge is 0.0587 e. The van der Waals surface area contributed by atoms with Gasteiger partial charge in [-0.05, 0) is 31.2 Å². The molecule has 1 aromatic carbocycles. The van der Waals surface area contributed by atoms with Gasteiger partial charge < -0.3 is 4.74 Å². The van der Waals surface area contributed by atoms with E-state index >= 15 is 0 Å². The molecule has 0 radical (unpaired) electrons. The van der Waals surface area contributed by atoms with E-state index in [9.17, 15) is 0 Å². The largest absolute Gasteiger partial charge is 0.378 e. The number of rotatable bonds is 6. The zero-order valence-corrected chi connectivity index (χ0v) is 11.6. The molecule has 1 unspecified atom stereocenters. The third-order valence-electron chi connectivity index (χ3n) is 4.02. The zero-order valence-electron chi connectivity index (χ0n) is 11.6. The van der Waals surface area contributed by atoms with Crippen molar-refractivity contribution in [3.05, 3.63) is 35.9 Å². The number of hydrogen-bond donors (Lipinski definition) is 0. The fourth-order valence-corrected chi connectivity index (χ4v) is 2.92. The Labute approximate surface area is 112 Å². The van der Waals surface area contributed by atoms with E-state index in [1.165, 1.54) is 44.1 Å². The van der Waals surface area contributed by atoms with Crippen LogP contribution in [0.5, 0.6) is 0 Å². The van der Waals surface area contributed by atoms with Gasteiger partial charge in [0, 0.05) is 6.61 Å². The Morgan fingerprint density at radius 2 is 1.83 bits per heavy atom. The maximum atomic E-state index is 5.95. The maximum absolute atomic E-state index is 5.95. The van der Waals surface area contributed by atoms with Crippen molar-refractivity contribution in [3.8, 4) is 0 Å². The lowest BCUT2D eigenvalue weighted by molar-refractivity contribution is 0.0536. The molecule has 0 bridgehead atoms. The minimum Gasteiger partial charge on any atom is -0.378 e. The molecule has 1 aliphatic rings. The zero-order chi connectivity index (χ0) is 12.6. The van der Waals surface area contributed by atoms with E-state index in [0.29, 0.717) is 6.10 Å². The van der Waals surface area contributed by atoms with Gasteiger partial charge in [-0.3, -0.25) is 0 Å². The van der Waals surface area contributed by atoms with Crippen LogP contribution in [-0.4, -0.2) is 12.7 Å². The van der Waals surface area contributed by atoms with Crippen LogP contribution in [-0.2, 0) is 11.2 Å². The molecule has 1 aliphatic carbocycles. The van der Waals surface area contributed by atoms with Crippen molar-refractivity contribution in [2.24, 2.45) is 5.92 Å². The van der Waals surface area contributed by atoms with Crippen LogP contribution in [0.3, 0.4) is 0 Å². The first kappa shape index (κ1) is 13.6. The van der Waals surface area contributed by atoms with E-state index in [0.717, 1.165) is 18.9 Å². The van der Waals surface area contributed by atoms with Gasteiger partial charge in [0.25, 0.3) is 0 Å². The Hall–Kier alpha value is -0.820. The van der Waals surface area contributed by atoms with Crippen molar-refractivity contribution < 1.29 is 4.74 Å². The van der Waals surface area contributed by atoms with E-state index < -0.39 is 0 Å². The predicted molar refractivity (Wildman–Crippen MR) is 76.8 cm³/mol. The Morgan fingerprint density at radius 1 is 1.11 bits per heavy atom. The average Bonchev–Trinajstić information content (AvgIpc) is 2.41. The quantitative estimate of drug-likeness (QED) is 0.712. The van der Waals surface area contributed by atoms with Gasteiger partial charge in [-0.15, -0.1) is 0 Å². The van der Waals surface area contributed by atoms with Crippen LogP contribution >= 0.6 is 0 Å². The van der Waals surface area contributed by atoms with Crippen molar-refractivity contribution in [3.63, 3.8) is 0 Å². The Bertz CT molecular complexity index is 314. The second-order valence-corrected chi connectivity index (χ2v) is 5.66. The van der Waals surface area contributed by atoms with Gasteiger partial charge in [0.15, 0.2) is 0 Å². The molecule has 0 aromatic heterocycles. The second kappa shape index (κ2) is 7.58. The first-order valence-electron chi connectivity index (χ1n) is 7.50. The molecule has 2 rings (SSSR count). The monoisotopic (exact) mass is 246 g/mol. The minimum atomic E-state index is 0.344. The fraction of sp³-hybridized carbons (Fsp3) is 0.647. The van der Waals surface area contributed by atoms with Crippen LogP contribution in [0.15, 0.2) is 30.3 Å². The fourth-order valence-electron chi connectivity index (χ4n) is 2.92. The highest BCUT2D eigenvalue weighted by atomic mass is 16.5. The van der Waals surface area contributed by atoms with Crippen LogP contribution in [0.25, 0.3) is 0 Å². The molecule has 1 saturated carbocycles. The van der Waals surface area contributed by atoms with E-state index in [1.807, 2.05) is 0 Å². The van der Waals surface area contributed by atoms with Gasteiger partial charge in [0.05, 0.1) is 6.10 Å². The molecule has 0 saturated heterocycles. The molecular weight excluding hydrogens is 220 g/mol. The summed E-state index contributed by atoms with van der Waals surface area (Å²) in [5, 5.41) is 0.